The van der Waals surface area contributed by atoms with E-state index in [1.807, 2.05) is 30.0 Å². The standard InChI is InChI=1S/C19H27N3O3/c1-2-21-11-8-20-19(25)17(21)13-18(24)22-9-6-14(7-10-22)15-4-3-5-16(23)12-15/h3-5,12,14,17,23H,2,6-11,13H2,1H3,(H,20,25)/t17-/m1/s1. The van der Waals surface area contributed by atoms with E-state index in [1.165, 1.54) is 0 Å². The Balaban J connectivity index is 1.55. The number of carbonyl (C=O) groups is 2. The molecule has 1 aromatic carbocycles. The Morgan fingerprint density at radius 1 is 1.28 bits per heavy atom. The number of carbonyl (C=O) groups excluding carboxylic acids is 2. The monoisotopic (exact) mass is 345 g/mol. The van der Waals surface area contributed by atoms with Crippen molar-refractivity contribution < 1.29 is 14.7 Å². The zero-order valence-electron chi connectivity index (χ0n) is 14.8. The first-order valence-electron chi connectivity index (χ1n) is 9.17. The Labute approximate surface area is 148 Å². The van der Waals surface area contributed by atoms with Crippen molar-refractivity contribution in [1.82, 2.24) is 15.1 Å². The Hall–Kier alpha value is -2.08. The van der Waals surface area contributed by atoms with Crippen molar-refractivity contribution in [2.75, 3.05) is 32.7 Å². The zero-order chi connectivity index (χ0) is 17.8. The molecule has 0 aliphatic carbocycles. The first-order valence-corrected chi connectivity index (χ1v) is 9.17. The van der Waals surface area contributed by atoms with E-state index in [2.05, 4.69) is 10.2 Å². The predicted molar refractivity (Wildman–Crippen MR) is 95.3 cm³/mol. The van der Waals surface area contributed by atoms with E-state index < -0.39 is 0 Å². The second kappa shape index (κ2) is 7.87. The van der Waals surface area contributed by atoms with Crippen molar-refractivity contribution in [2.45, 2.75) is 38.1 Å². The Morgan fingerprint density at radius 2 is 2.04 bits per heavy atom. The van der Waals surface area contributed by atoms with Crippen LogP contribution in [0.1, 0.15) is 37.7 Å². The average Bonchev–Trinajstić information content (AvgIpc) is 2.63. The molecule has 0 saturated carbocycles. The third-order valence-electron chi connectivity index (χ3n) is 5.41. The molecule has 25 heavy (non-hydrogen) atoms. The van der Waals surface area contributed by atoms with Crippen molar-refractivity contribution in [2.24, 2.45) is 0 Å². The summed E-state index contributed by atoms with van der Waals surface area (Å²) in [6.45, 7) is 5.69. The van der Waals surface area contributed by atoms with Crippen LogP contribution in [-0.4, -0.2) is 65.5 Å². The number of amides is 2. The summed E-state index contributed by atoms with van der Waals surface area (Å²) in [7, 11) is 0. The first-order chi connectivity index (χ1) is 12.1. The molecule has 2 N–H and O–H groups in total. The lowest BCUT2D eigenvalue weighted by molar-refractivity contribution is -0.139. The highest BCUT2D eigenvalue weighted by Crippen LogP contribution is 2.30. The van der Waals surface area contributed by atoms with E-state index in [9.17, 15) is 14.7 Å². The predicted octanol–water partition coefficient (Wildman–Crippen LogP) is 1.31. The van der Waals surface area contributed by atoms with Crippen LogP contribution in [0.25, 0.3) is 0 Å². The maximum Gasteiger partial charge on any atom is 0.237 e. The molecule has 2 aliphatic heterocycles. The molecule has 2 amide bonds. The molecular weight excluding hydrogens is 318 g/mol. The number of piperidine rings is 1. The highest BCUT2D eigenvalue weighted by molar-refractivity contribution is 5.88. The summed E-state index contributed by atoms with van der Waals surface area (Å²) in [6.07, 6.45) is 2.05. The molecule has 3 rings (SSSR count). The first kappa shape index (κ1) is 17.7. The van der Waals surface area contributed by atoms with Crippen molar-refractivity contribution in [3.05, 3.63) is 29.8 Å². The van der Waals surface area contributed by atoms with Gasteiger partial charge in [0.05, 0.1) is 12.5 Å². The van der Waals surface area contributed by atoms with E-state index in [4.69, 9.17) is 0 Å². The lowest BCUT2D eigenvalue weighted by Crippen LogP contribution is -2.56. The summed E-state index contributed by atoms with van der Waals surface area (Å²) in [5.74, 6) is 0.700. The fraction of sp³-hybridized carbons (Fsp3) is 0.579. The second-order valence-electron chi connectivity index (χ2n) is 6.89. The van der Waals surface area contributed by atoms with Crippen LogP contribution < -0.4 is 5.32 Å². The molecule has 0 spiro atoms. The smallest absolute Gasteiger partial charge is 0.237 e. The molecular formula is C19H27N3O3. The van der Waals surface area contributed by atoms with Gasteiger partial charge in [-0.25, -0.2) is 0 Å². The summed E-state index contributed by atoms with van der Waals surface area (Å²) in [5.41, 5.74) is 1.14. The second-order valence-corrected chi connectivity index (χ2v) is 6.89. The average molecular weight is 345 g/mol. The molecule has 2 saturated heterocycles. The van der Waals surface area contributed by atoms with Gasteiger partial charge in [0.1, 0.15) is 5.75 Å². The summed E-state index contributed by atoms with van der Waals surface area (Å²) >= 11 is 0. The quantitative estimate of drug-likeness (QED) is 0.863. The van der Waals surface area contributed by atoms with Gasteiger partial charge in [-0.1, -0.05) is 19.1 Å². The van der Waals surface area contributed by atoms with Gasteiger partial charge in [-0.2, -0.15) is 0 Å². The zero-order valence-corrected chi connectivity index (χ0v) is 14.8. The number of likely N-dealkylation sites (tertiary alicyclic amines) is 1. The molecule has 1 atom stereocenters. The number of likely N-dealkylation sites (N-methyl/N-ethyl adjacent to an activating group) is 1. The highest BCUT2D eigenvalue weighted by atomic mass is 16.3. The number of hydrogen-bond donors (Lipinski definition) is 2. The number of nitrogens with one attached hydrogen (secondary N) is 1. The Bertz CT molecular complexity index is 626. The van der Waals surface area contributed by atoms with Crippen molar-refractivity contribution >= 4 is 11.8 Å². The lowest BCUT2D eigenvalue weighted by atomic mass is 9.89. The van der Waals surface area contributed by atoms with Crippen LogP contribution in [0.15, 0.2) is 24.3 Å². The number of piperazine rings is 1. The summed E-state index contributed by atoms with van der Waals surface area (Å²) < 4.78 is 0. The number of rotatable bonds is 4. The Morgan fingerprint density at radius 3 is 2.72 bits per heavy atom. The summed E-state index contributed by atoms with van der Waals surface area (Å²) in [6, 6.07) is 7.05. The van der Waals surface area contributed by atoms with Crippen LogP contribution in [0.5, 0.6) is 5.75 Å². The number of phenols is 1. The number of hydrogen-bond acceptors (Lipinski definition) is 4. The lowest BCUT2D eigenvalue weighted by Gasteiger charge is -2.37. The van der Waals surface area contributed by atoms with Gasteiger partial charge in [0.15, 0.2) is 0 Å². The molecule has 2 fully saturated rings. The molecule has 0 bridgehead atoms. The number of aromatic hydroxyl groups is 1. The minimum absolute atomic E-state index is 0.0314. The van der Waals surface area contributed by atoms with Gasteiger partial charge in [0.2, 0.25) is 11.8 Å². The minimum atomic E-state index is -0.338. The minimum Gasteiger partial charge on any atom is -0.508 e. The highest BCUT2D eigenvalue weighted by Gasteiger charge is 2.33. The molecule has 0 aromatic heterocycles. The molecule has 2 aliphatic rings. The van der Waals surface area contributed by atoms with E-state index >= 15 is 0 Å². The van der Waals surface area contributed by atoms with Gasteiger partial charge < -0.3 is 15.3 Å². The van der Waals surface area contributed by atoms with Gasteiger partial charge in [0, 0.05) is 26.2 Å². The molecule has 1 aromatic rings. The van der Waals surface area contributed by atoms with Crippen LogP contribution in [-0.2, 0) is 9.59 Å². The van der Waals surface area contributed by atoms with Crippen LogP contribution >= 0.6 is 0 Å². The third-order valence-corrected chi connectivity index (χ3v) is 5.41. The largest absolute Gasteiger partial charge is 0.508 e. The van der Waals surface area contributed by atoms with Crippen LogP contribution in [0.2, 0.25) is 0 Å². The topological polar surface area (TPSA) is 72.9 Å². The Kier molecular flexibility index (Phi) is 5.58. The van der Waals surface area contributed by atoms with Gasteiger partial charge >= 0.3 is 0 Å². The molecule has 6 heteroatoms. The van der Waals surface area contributed by atoms with Crippen LogP contribution in [0, 0.1) is 0 Å². The normalized spacial score (nSPS) is 22.7. The maximum atomic E-state index is 12.6. The molecule has 136 valence electrons. The van der Waals surface area contributed by atoms with Crippen molar-refractivity contribution in [1.29, 1.82) is 0 Å². The van der Waals surface area contributed by atoms with Gasteiger partial charge in [-0.15, -0.1) is 0 Å². The van der Waals surface area contributed by atoms with E-state index in [0.29, 0.717) is 31.3 Å². The van der Waals surface area contributed by atoms with Crippen molar-refractivity contribution in [3.63, 3.8) is 0 Å². The molecule has 2 heterocycles. The molecule has 6 nitrogen and oxygen atoms in total. The summed E-state index contributed by atoms with van der Waals surface area (Å²) in [5, 5.41) is 12.5. The maximum absolute atomic E-state index is 12.6. The van der Waals surface area contributed by atoms with E-state index in [1.54, 1.807) is 6.07 Å². The third kappa shape index (κ3) is 4.12. The fourth-order valence-corrected chi connectivity index (χ4v) is 3.90. The number of benzene rings is 1. The summed E-state index contributed by atoms with van der Waals surface area (Å²) in [4.78, 5) is 28.7. The van der Waals surface area contributed by atoms with Gasteiger partial charge in [-0.3, -0.25) is 14.5 Å². The van der Waals surface area contributed by atoms with Crippen molar-refractivity contribution in [3.8, 4) is 5.75 Å². The van der Waals surface area contributed by atoms with Crippen LogP contribution in [0.4, 0.5) is 0 Å². The van der Waals surface area contributed by atoms with Gasteiger partial charge in [0.25, 0.3) is 0 Å². The van der Waals surface area contributed by atoms with E-state index in [-0.39, 0.29) is 24.3 Å². The molecule has 0 unspecified atom stereocenters. The number of phenolic OH excluding ortho intramolecular Hbond substituents is 1. The fourth-order valence-electron chi connectivity index (χ4n) is 3.90. The molecule has 0 radical (unpaired) electrons. The number of nitrogens with zero attached hydrogens (tertiary/aromatic N) is 2. The van der Waals surface area contributed by atoms with Crippen LogP contribution in [0.3, 0.4) is 0 Å². The van der Waals surface area contributed by atoms with Gasteiger partial charge in [-0.05, 0) is 43.0 Å². The van der Waals surface area contributed by atoms with E-state index in [0.717, 1.165) is 31.5 Å². The SMILES string of the molecule is CCN1CCNC(=O)[C@H]1CC(=O)N1CCC(c2cccc(O)c2)CC1.